The second-order valence-corrected chi connectivity index (χ2v) is 3.91. The number of hydrogen-bond donors (Lipinski definition) is 0. The zero-order valence-electron chi connectivity index (χ0n) is 7.28. The van der Waals surface area contributed by atoms with E-state index in [2.05, 4.69) is 42.1 Å². The maximum atomic E-state index is 11.0. The molecule has 0 saturated heterocycles. The molecule has 15 heavy (non-hydrogen) atoms. The van der Waals surface area contributed by atoms with Crippen molar-refractivity contribution in [1.82, 2.24) is 4.98 Å². The number of esters is 1. The zero-order chi connectivity index (χ0) is 10.4. The Labute approximate surface area is 106 Å². The van der Waals surface area contributed by atoms with Gasteiger partial charge in [0.25, 0.3) is 0 Å². The van der Waals surface area contributed by atoms with Crippen molar-refractivity contribution in [3.05, 3.63) is 29.6 Å². The van der Waals surface area contributed by atoms with Gasteiger partial charge in [-0.2, -0.15) is 0 Å². The third kappa shape index (κ3) is 4.53. The Bertz CT molecular complexity index is 381. The number of rotatable bonds is 1. The fraction of sp³-hybridized carbons (Fsp3) is 0.200. The van der Waals surface area contributed by atoms with Gasteiger partial charge in [-0.25, -0.2) is 9.78 Å². The Morgan fingerprint density at radius 2 is 2.33 bits per heavy atom. The average molecular weight is 335 g/mol. The van der Waals surface area contributed by atoms with Crippen LogP contribution in [0, 0.1) is 11.2 Å². The number of carbonyl (C=O) groups is 1. The second kappa shape index (κ2) is 7.54. The van der Waals surface area contributed by atoms with Gasteiger partial charge in [-0.05, 0) is 26.3 Å². The van der Waals surface area contributed by atoms with E-state index in [1.54, 1.807) is 18.3 Å². The summed E-state index contributed by atoms with van der Waals surface area (Å²) in [4.78, 5) is 14.9. The van der Waals surface area contributed by atoms with Gasteiger partial charge in [0.2, 0.25) is 0 Å². The molecule has 0 aliphatic carbocycles. The fourth-order valence-corrected chi connectivity index (χ4v) is 1.26. The number of methoxy groups -OCH3 is 1. The number of aromatic nitrogens is 1. The summed E-state index contributed by atoms with van der Waals surface area (Å²) < 4.78 is 4.51. The summed E-state index contributed by atoms with van der Waals surface area (Å²) in [7, 11) is 2.72. The molecule has 1 aromatic rings. The lowest BCUT2D eigenvalue weighted by atomic mass is 10.2. The van der Waals surface area contributed by atoms with Crippen LogP contribution in [0.15, 0.2) is 18.3 Å². The first-order valence-electron chi connectivity index (χ1n) is 3.61. The number of halogens is 1. The number of hydrogen-bond acceptors (Lipinski definition) is 4. The van der Waals surface area contributed by atoms with Crippen molar-refractivity contribution in [2.75, 3.05) is 7.11 Å². The lowest BCUT2D eigenvalue weighted by molar-refractivity contribution is 0.0594. The van der Waals surface area contributed by atoms with E-state index >= 15 is 0 Å². The summed E-state index contributed by atoms with van der Waals surface area (Å²) in [6.45, 7) is 0. The number of ether oxygens (including phenoxy) is 1. The average Bonchev–Trinajstić information content (AvgIpc) is 2.26. The lowest BCUT2D eigenvalue weighted by Crippen LogP contribution is -2.03. The Morgan fingerprint density at radius 1 is 1.60 bits per heavy atom. The highest BCUT2D eigenvalue weighted by molar-refractivity contribution is 14.2. The van der Waals surface area contributed by atoms with Crippen molar-refractivity contribution in [2.24, 2.45) is 0 Å². The molecular weight excluding hydrogens is 325 g/mol. The molecule has 0 aromatic carbocycles. The highest BCUT2D eigenvalue weighted by atomic mass is 127. The second-order valence-electron chi connectivity index (χ2n) is 2.23. The minimum Gasteiger partial charge on any atom is -0.464 e. The third-order valence-electron chi connectivity index (χ3n) is 1.39. The molecule has 0 aliphatic rings. The van der Waals surface area contributed by atoms with E-state index in [9.17, 15) is 4.79 Å². The first kappa shape index (κ1) is 14.3. The predicted octanol–water partition coefficient (Wildman–Crippen LogP) is 2.90. The zero-order valence-corrected chi connectivity index (χ0v) is 10.3. The van der Waals surface area contributed by atoms with Gasteiger partial charge < -0.3 is 4.74 Å². The van der Waals surface area contributed by atoms with Crippen LogP contribution in [0.1, 0.15) is 23.5 Å². The van der Waals surface area contributed by atoms with Crippen LogP contribution < -0.4 is 0 Å². The molecule has 0 aliphatic heterocycles. The van der Waals surface area contributed by atoms with Crippen LogP contribution in [0.2, 0.25) is 0 Å². The van der Waals surface area contributed by atoms with Crippen molar-refractivity contribution in [2.45, 2.75) is 7.43 Å². The molecule has 0 fully saturated rings. The van der Waals surface area contributed by atoms with Crippen LogP contribution in [0.3, 0.4) is 0 Å². The van der Waals surface area contributed by atoms with Crippen molar-refractivity contribution in [3.63, 3.8) is 0 Å². The summed E-state index contributed by atoms with van der Waals surface area (Å²) in [5.41, 5.74) is 1.07. The van der Waals surface area contributed by atoms with Crippen LogP contribution >= 0.6 is 30.1 Å². The largest absolute Gasteiger partial charge is 0.464 e. The van der Waals surface area contributed by atoms with E-state index in [4.69, 9.17) is 0 Å². The molecule has 0 N–H and O–H groups in total. The number of pyridine rings is 1. The van der Waals surface area contributed by atoms with Crippen molar-refractivity contribution >= 4 is 36.1 Å². The Hall–Kier alpha value is -0.740. The fourth-order valence-electron chi connectivity index (χ4n) is 0.771. The Balaban J connectivity index is 0.00000196. The monoisotopic (exact) mass is 335 g/mol. The normalized spacial score (nSPS) is 8.13. The standard InChI is InChI=1S/C9H6INO2S.CH4/c1-13-9(12)8-3-2-7(6-11-8)4-5-14-10;/h2-3,6H,1H3;1H4. The van der Waals surface area contributed by atoms with Crippen LogP contribution in [0.5, 0.6) is 0 Å². The van der Waals surface area contributed by atoms with Crippen molar-refractivity contribution < 1.29 is 9.53 Å². The summed E-state index contributed by atoms with van der Waals surface area (Å²) in [5, 5.41) is 2.82. The van der Waals surface area contributed by atoms with Crippen LogP contribution in [0.25, 0.3) is 0 Å². The minimum atomic E-state index is -0.437. The van der Waals surface area contributed by atoms with E-state index in [1.165, 1.54) is 16.0 Å². The smallest absolute Gasteiger partial charge is 0.356 e. The van der Waals surface area contributed by atoms with Gasteiger partial charge in [0.1, 0.15) is 5.69 Å². The van der Waals surface area contributed by atoms with Crippen LogP contribution in [-0.4, -0.2) is 18.1 Å². The van der Waals surface area contributed by atoms with Gasteiger partial charge in [0.15, 0.2) is 0 Å². The van der Waals surface area contributed by atoms with Gasteiger partial charge in [-0.1, -0.05) is 13.3 Å². The van der Waals surface area contributed by atoms with Gasteiger partial charge >= 0.3 is 5.97 Å². The highest BCUT2D eigenvalue weighted by Gasteiger charge is 2.04. The molecule has 0 unspecified atom stereocenters. The molecule has 0 amide bonds. The SMILES string of the molecule is C.COC(=O)c1ccc(C#CSI)cn1. The van der Waals surface area contributed by atoms with E-state index in [0.717, 1.165) is 5.56 Å². The molecule has 0 saturated carbocycles. The van der Waals surface area contributed by atoms with Gasteiger partial charge in [-0.15, -0.1) is 0 Å². The first-order valence-corrected chi connectivity index (χ1v) is 6.97. The number of nitrogens with zero attached hydrogens (tertiary/aromatic N) is 1. The minimum absolute atomic E-state index is 0. The molecule has 5 heteroatoms. The maximum absolute atomic E-state index is 11.0. The number of carbonyl (C=O) groups excluding carboxylic acids is 1. The quantitative estimate of drug-likeness (QED) is 0.449. The maximum Gasteiger partial charge on any atom is 0.356 e. The van der Waals surface area contributed by atoms with Gasteiger partial charge in [-0.3, -0.25) is 0 Å². The molecule has 0 radical (unpaired) electrons. The van der Waals surface area contributed by atoms with Crippen molar-refractivity contribution in [3.8, 4) is 11.2 Å². The van der Waals surface area contributed by atoms with Gasteiger partial charge in [0.05, 0.1) is 7.11 Å². The third-order valence-corrected chi connectivity index (χ3v) is 2.23. The summed E-state index contributed by atoms with van der Waals surface area (Å²) in [6, 6.07) is 3.33. The molecule has 3 nitrogen and oxygen atoms in total. The van der Waals surface area contributed by atoms with E-state index in [-0.39, 0.29) is 7.43 Å². The highest BCUT2D eigenvalue weighted by Crippen LogP contribution is 2.08. The van der Waals surface area contributed by atoms with Crippen molar-refractivity contribution in [1.29, 1.82) is 0 Å². The Kier molecular flexibility index (Phi) is 7.17. The molecule has 80 valence electrons. The van der Waals surface area contributed by atoms with Gasteiger partial charge in [0, 0.05) is 33.0 Å². The van der Waals surface area contributed by atoms with E-state index in [0.29, 0.717) is 5.69 Å². The molecule has 1 heterocycles. The molecule has 0 spiro atoms. The van der Waals surface area contributed by atoms with E-state index in [1.807, 2.05) is 0 Å². The molecule has 0 bridgehead atoms. The molecular formula is C10H10INO2S. The van der Waals surface area contributed by atoms with E-state index < -0.39 is 5.97 Å². The first-order chi connectivity index (χ1) is 6.77. The summed E-state index contributed by atoms with van der Waals surface area (Å²) in [6.07, 6.45) is 1.55. The predicted molar refractivity (Wildman–Crippen MR) is 70.8 cm³/mol. The Morgan fingerprint density at radius 3 is 2.80 bits per heavy atom. The molecule has 1 rings (SSSR count). The molecule has 0 atom stereocenters. The molecule has 1 aromatic heterocycles. The van der Waals surface area contributed by atoms with Crippen LogP contribution in [0.4, 0.5) is 0 Å². The topological polar surface area (TPSA) is 39.2 Å². The summed E-state index contributed by atoms with van der Waals surface area (Å²) in [5.74, 6) is 2.43. The summed E-state index contributed by atoms with van der Waals surface area (Å²) >= 11 is 2.09. The lowest BCUT2D eigenvalue weighted by Gasteiger charge is -1.96. The van der Waals surface area contributed by atoms with Crippen LogP contribution in [-0.2, 0) is 4.74 Å².